The van der Waals surface area contributed by atoms with Crippen molar-refractivity contribution >= 4 is 34.5 Å². The fraction of sp³-hybridized carbons (Fsp3) is 0.424. The molecule has 1 aliphatic rings. The van der Waals surface area contributed by atoms with Gasteiger partial charge in [0.25, 0.3) is 0 Å². The van der Waals surface area contributed by atoms with Crippen LogP contribution in [0, 0.1) is 0 Å². The summed E-state index contributed by atoms with van der Waals surface area (Å²) in [5.41, 5.74) is 0.322. The zero-order chi connectivity index (χ0) is 33.1. The van der Waals surface area contributed by atoms with E-state index in [0.29, 0.717) is 77.2 Å². The number of methoxy groups -OCH3 is 1. The Morgan fingerprint density at radius 2 is 1.72 bits per heavy atom. The Morgan fingerprint density at radius 3 is 2.39 bits per heavy atom. The highest BCUT2D eigenvalue weighted by Gasteiger charge is 2.28. The maximum absolute atomic E-state index is 12.6. The molecule has 0 spiro atoms. The number of anilines is 2. The lowest BCUT2D eigenvalue weighted by atomic mass is 9.93. The Kier molecular flexibility index (Phi) is 9.22. The number of benzene rings is 2. The molecule has 244 valence electrons. The van der Waals surface area contributed by atoms with Gasteiger partial charge in [-0.1, -0.05) is 32.0 Å². The summed E-state index contributed by atoms with van der Waals surface area (Å²) in [5.74, 6) is 2.76. The number of urea groups is 1. The number of carbonyl (C=O) groups excluding carboxylic acids is 2. The van der Waals surface area contributed by atoms with Crippen LogP contribution in [0.2, 0.25) is 0 Å². The second-order valence-electron chi connectivity index (χ2n) is 13.0. The summed E-state index contributed by atoms with van der Waals surface area (Å²) in [6, 6.07) is 11.7. The molecule has 0 radical (unpaired) electrons. The molecule has 13 heteroatoms. The molecule has 5 rings (SSSR count). The Balaban J connectivity index is 1.25. The van der Waals surface area contributed by atoms with Gasteiger partial charge in [0.2, 0.25) is 5.88 Å². The van der Waals surface area contributed by atoms with Crippen LogP contribution in [0.4, 0.5) is 21.1 Å². The number of ether oxygens (including phenoxy) is 4. The lowest BCUT2D eigenvalue weighted by Gasteiger charge is -2.33. The first kappa shape index (κ1) is 32.3. The molecule has 2 aromatic heterocycles. The maximum Gasteiger partial charge on any atom is 0.410 e. The van der Waals surface area contributed by atoms with Gasteiger partial charge in [-0.25, -0.2) is 19.6 Å². The average Bonchev–Trinajstić information content (AvgIpc) is 3.46. The number of nitrogens with one attached hydrogen (secondary N) is 2. The number of likely N-dealkylation sites (tertiary alicyclic amines) is 1. The van der Waals surface area contributed by atoms with E-state index in [1.54, 1.807) is 54.5 Å². The van der Waals surface area contributed by atoms with Crippen molar-refractivity contribution < 1.29 is 33.1 Å². The van der Waals surface area contributed by atoms with Crippen molar-refractivity contribution in [2.75, 3.05) is 30.8 Å². The van der Waals surface area contributed by atoms with Crippen molar-refractivity contribution in [1.29, 1.82) is 0 Å². The van der Waals surface area contributed by atoms with Crippen LogP contribution in [-0.4, -0.2) is 64.1 Å². The molecule has 2 aromatic carbocycles. The SMILES string of the molecule is COc1cc2c(Oc3cccc(NC(=O)Nc4cc(C(C)(C)C)on4)c3)ncnc2cc1OC1CCN(C(=O)OC(C)(C)C)CC1. The van der Waals surface area contributed by atoms with Crippen LogP contribution >= 0.6 is 0 Å². The molecule has 4 aromatic rings. The topological polar surface area (TPSA) is 150 Å². The van der Waals surface area contributed by atoms with Gasteiger partial charge in [0, 0.05) is 55.2 Å². The third-order valence-electron chi connectivity index (χ3n) is 7.07. The normalized spacial score (nSPS) is 14.1. The fourth-order valence-corrected chi connectivity index (χ4v) is 4.75. The molecule has 3 amide bonds. The number of nitrogens with zero attached hydrogens (tertiary/aromatic N) is 4. The lowest BCUT2D eigenvalue weighted by molar-refractivity contribution is 0.0124. The third-order valence-corrected chi connectivity index (χ3v) is 7.07. The Hall–Kier alpha value is -5.07. The number of hydrogen-bond acceptors (Lipinski definition) is 10. The monoisotopic (exact) mass is 632 g/mol. The lowest BCUT2D eigenvalue weighted by Crippen LogP contribution is -2.44. The molecule has 13 nitrogen and oxygen atoms in total. The van der Waals surface area contributed by atoms with Crippen molar-refractivity contribution in [2.24, 2.45) is 0 Å². The zero-order valence-corrected chi connectivity index (χ0v) is 27.2. The fourth-order valence-electron chi connectivity index (χ4n) is 4.75. The predicted molar refractivity (Wildman–Crippen MR) is 172 cm³/mol. The molecular formula is C33H40N6O7. The van der Waals surface area contributed by atoms with Crippen LogP contribution in [0.1, 0.15) is 60.1 Å². The number of piperidine rings is 1. The highest BCUT2D eigenvalue weighted by Crippen LogP contribution is 2.37. The van der Waals surface area contributed by atoms with Gasteiger partial charge in [0.1, 0.15) is 29.5 Å². The van der Waals surface area contributed by atoms with Gasteiger partial charge in [0.05, 0.1) is 18.0 Å². The van der Waals surface area contributed by atoms with Crippen LogP contribution < -0.4 is 24.8 Å². The molecule has 0 saturated carbocycles. The smallest absolute Gasteiger partial charge is 0.410 e. The number of aromatic nitrogens is 3. The van der Waals surface area contributed by atoms with Crippen LogP contribution in [0.15, 0.2) is 53.3 Å². The largest absolute Gasteiger partial charge is 0.493 e. The van der Waals surface area contributed by atoms with Crippen molar-refractivity contribution in [3.63, 3.8) is 0 Å². The number of amides is 3. The zero-order valence-electron chi connectivity index (χ0n) is 27.2. The van der Waals surface area contributed by atoms with Crippen molar-refractivity contribution in [3.05, 3.63) is 54.6 Å². The van der Waals surface area contributed by atoms with Crippen LogP contribution in [0.5, 0.6) is 23.1 Å². The van der Waals surface area contributed by atoms with E-state index in [9.17, 15) is 9.59 Å². The van der Waals surface area contributed by atoms with Crippen molar-refractivity contribution in [2.45, 2.75) is 71.5 Å². The van der Waals surface area contributed by atoms with E-state index in [4.69, 9.17) is 23.5 Å². The summed E-state index contributed by atoms with van der Waals surface area (Å²) >= 11 is 0. The van der Waals surface area contributed by atoms with Gasteiger partial charge in [-0.3, -0.25) is 5.32 Å². The minimum atomic E-state index is -0.542. The molecule has 0 unspecified atom stereocenters. The summed E-state index contributed by atoms with van der Waals surface area (Å²) in [5, 5.41) is 9.98. The quantitative estimate of drug-likeness (QED) is 0.215. The number of carbonyl (C=O) groups is 2. The number of fused-ring (bicyclic) bond motifs is 1. The first-order chi connectivity index (χ1) is 21.8. The van der Waals surface area contributed by atoms with Crippen LogP contribution in [0.25, 0.3) is 10.9 Å². The van der Waals surface area contributed by atoms with Crippen molar-refractivity contribution in [3.8, 4) is 23.1 Å². The van der Waals surface area contributed by atoms with E-state index in [2.05, 4.69) is 25.8 Å². The van der Waals surface area contributed by atoms with E-state index >= 15 is 0 Å². The van der Waals surface area contributed by atoms with Crippen LogP contribution in [0.3, 0.4) is 0 Å². The molecule has 0 bridgehead atoms. The molecule has 1 aliphatic heterocycles. The summed E-state index contributed by atoms with van der Waals surface area (Å²) in [6.45, 7) is 12.6. The highest BCUT2D eigenvalue weighted by atomic mass is 16.6. The van der Waals surface area contributed by atoms with Crippen molar-refractivity contribution in [1.82, 2.24) is 20.0 Å². The summed E-state index contributed by atoms with van der Waals surface area (Å²) in [4.78, 5) is 35.5. The predicted octanol–water partition coefficient (Wildman–Crippen LogP) is 7.14. The molecule has 1 saturated heterocycles. The van der Waals surface area contributed by atoms with Gasteiger partial charge in [-0.2, -0.15) is 0 Å². The van der Waals surface area contributed by atoms with E-state index in [1.807, 2.05) is 41.5 Å². The summed E-state index contributed by atoms with van der Waals surface area (Å²) < 4.78 is 28.9. The van der Waals surface area contributed by atoms with E-state index < -0.39 is 11.6 Å². The molecule has 1 fully saturated rings. The van der Waals surface area contributed by atoms with Gasteiger partial charge in [-0.05, 0) is 39.0 Å². The summed E-state index contributed by atoms with van der Waals surface area (Å²) in [7, 11) is 1.56. The van der Waals surface area contributed by atoms with Crippen LogP contribution in [-0.2, 0) is 10.2 Å². The molecular weight excluding hydrogens is 592 g/mol. The first-order valence-corrected chi connectivity index (χ1v) is 15.1. The molecule has 3 heterocycles. The number of hydrogen-bond donors (Lipinski definition) is 2. The van der Waals surface area contributed by atoms with E-state index in [-0.39, 0.29) is 17.6 Å². The average molecular weight is 633 g/mol. The second kappa shape index (κ2) is 13.1. The van der Waals surface area contributed by atoms with Gasteiger partial charge >= 0.3 is 12.1 Å². The van der Waals surface area contributed by atoms with Gasteiger partial charge < -0.3 is 33.7 Å². The molecule has 0 aliphatic carbocycles. The first-order valence-electron chi connectivity index (χ1n) is 15.1. The number of rotatable bonds is 7. The summed E-state index contributed by atoms with van der Waals surface area (Å²) in [6.07, 6.45) is 2.28. The Morgan fingerprint density at radius 1 is 0.957 bits per heavy atom. The third kappa shape index (κ3) is 8.14. The molecule has 46 heavy (non-hydrogen) atoms. The van der Waals surface area contributed by atoms with E-state index in [0.717, 1.165) is 0 Å². The Bertz CT molecular complexity index is 1700. The molecule has 0 atom stereocenters. The maximum atomic E-state index is 12.6. The van der Waals surface area contributed by atoms with E-state index in [1.165, 1.54) is 6.33 Å². The standard InChI is InChI=1S/C33H40N6O7/c1-32(2,3)27-18-28(38-46-27)37-30(40)36-20-9-8-10-22(15-20)44-29-23-16-25(42-7)26(17-24(23)34-19-35-29)43-21-11-13-39(14-12-21)31(41)45-33(4,5)6/h8-10,15-19,21H,11-14H2,1-7H3,(H2,36,37,38,40). The minimum Gasteiger partial charge on any atom is -0.493 e. The van der Waals surface area contributed by atoms with Gasteiger partial charge in [-0.15, -0.1) is 0 Å². The molecule has 2 N–H and O–H groups in total. The Labute approximate surface area is 267 Å². The van der Waals surface area contributed by atoms with Gasteiger partial charge in [0.15, 0.2) is 17.3 Å². The highest BCUT2D eigenvalue weighted by molar-refractivity contribution is 5.99. The second-order valence-corrected chi connectivity index (χ2v) is 13.0. The minimum absolute atomic E-state index is 0.111.